The molecule has 0 spiro atoms. The van der Waals surface area contributed by atoms with Gasteiger partial charge in [-0.3, -0.25) is 4.79 Å². The van der Waals surface area contributed by atoms with Crippen molar-refractivity contribution in [2.45, 2.75) is 32.6 Å². The number of rotatable bonds is 5. The van der Waals surface area contributed by atoms with Gasteiger partial charge >= 0.3 is 0 Å². The molecule has 0 aliphatic carbocycles. The number of anilines is 1. The average Bonchev–Trinajstić information content (AvgIpc) is 2.23. The highest BCUT2D eigenvalue weighted by atomic mass is 79.9. The van der Waals surface area contributed by atoms with Crippen molar-refractivity contribution >= 4 is 39.1 Å². The van der Waals surface area contributed by atoms with Crippen LogP contribution in [-0.2, 0) is 4.79 Å². The first kappa shape index (κ1) is 13.5. The lowest BCUT2D eigenvalue weighted by molar-refractivity contribution is -0.116. The predicted octanol–water partition coefficient (Wildman–Crippen LogP) is 4.62. The molecule has 0 saturated carbocycles. The molecule has 0 heterocycles. The standard InChI is InChI=1S/C12H15BrClNO/c1-2-3-4-5-12(16)15-11-7-6-9(13)8-10(11)14/h6-8H,2-5H2,1H3,(H,15,16). The summed E-state index contributed by atoms with van der Waals surface area (Å²) in [6.45, 7) is 2.11. The van der Waals surface area contributed by atoms with E-state index in [1.165, 1.54) is 0 Å². The van der Waals surface area contributed by atoms with Crippen molar-refractivity contribution in [2.75, 3.05) is 5.32 Å². The zero-order valence-corrected chi connectivity index (χ0v) is 11.6. The van der Waals surface area contributed by atoms with E-state index in [1.807, 2.05) is 6.07 Å². The molecule has 1 rings (SSSR count). The Morgan fingerprint density at radius 2 is 2.19 bits per heavy atom. The summed E-state index contributed by atoms with van der Waals surface area (Å²) >= 11 is 9.31. The van der Waals surface area contributed by atoms with Gasteiger partial charge in [0, 0.05) is 10.9 Å². The zero-order valence-electron chi connectivity index (χ0n) is 9.22. The number of carbonyl (C=O) groups is 1. The lowest BCUT2D eigenvalue weighted by atomic mass is 10.2. The van der Waals surface area contributed by atoms with Gasteiger partial charge in [-0.15, -0.1) is 0 Å². The summed E-state index contributed by atoms with van der Waals surface area (Å²) in [6.07, 6.45) is 3.69. The van der Waals surface area contributed by atoms with Crippen molar-refractivity contribution in [3.05, 3.63) is 27.7 Å². The average molecular weight is 305 g/mol. The molecular formula is C12H15BrClNO. The van der Waals surface area contributed by atoms with Gasteiger partial charge in [0.1, 0.15) is 0 Å². The van der Waals surface area contributed by atoms with Gasteiger partial charge in [-0.05, 0) is 24.6 Å². The second-order valence-corrected chi connectivity index (χ2v) is 4.95. The summed E-state index contributed by atoms with van der Waals surface area (Å²) in [4.78, 5) is 11.5. The number of amides is 1. The third-order valence-corrected chi connectivity index (χ3v) is 3.02. The van der Waals surface area contributed by atoms with Crippen molar-refractivity contribution < 1.29 is 4.79 Å². The molecule has 16 heavy (non-hydrogen) atoms. The molecule has 0 aromatic heterocycles. The number of carbonyl (C=O) groups excluding carboxylic acids is 1. The van der Waals surface area contributed by atoms with Crippen LogP contribution in [0.15, 0.2) is 22.7 Å². The van der Waals surface area contributed by atoms with E-state index in [4.69, 9.17) is 11.6 Å². The quantitative estimate of drug-likeness (QED) is 0.790. The highest BCUT2D eigenvalue weighted by Crippen LogP contribution is 2.25. The molecule has 1 amide bonds. The maximum absolute atomic E-state index is 11.5. The molecule has 0 atom stereocenters. The van der Waals surface area contributed by atoms with Gasteiger partial charge in [-0.1, -0.05) is 47.3 Å². The Hall–Kier alpha value is -0.540. The maximum atomic E-state index is 11.5. The zero-order chi connectivity index (χ0) is 12.0. The minimum absolute atomic E-state index is 0.0256. The minimum atomic E-state index is 0.0256. The van der Waals surface area contributed by atoms with E-state index in [9.17, 15) is 4.79 Å². The molecule has 0 radical (unpaired) electrons. The normalized spacial score (nSPS) is 10.2. The summed E-state index contributed by atoms with van der Waals surface area (Å²) < 4.78 is 0.904. The van der Waals surface area contributed by atoms with Crippen LogP contribution in [0.3, 0.4) is 0 Å². The monoisotopic (exact) mass is 303 g/mol. The molecule has 1 aromatic carbocycles. The summed E-state index contributed by atoms with van der Waals surface area (Å²) in [7, 11) is 0. The lowest BCUT2D eigenvalue weighted by Gasteiger charge is -2.07. The molecule has 1 aromatic rings. The molecule has 4 heteroatoms. The van der Waals surface area contributed by atoms with Crippen LogP contribution in [0.2, 0.25) is 5.02 Å². The third kappa shape index (κ3) is 4.54. The number of halogens is 2. The van der Waals surface area contributed by atoms with Gasteiger partial charge in [0.15, 0.2) is 0 Å². The molecule has 2 nitrogen and oxygen atoms in total. The van der Waals surface area contributed by atoms with E-state index in [2.05, 4.69) is 28.2 Å². The molecule has 0 aliphatic heterocycles. The number of nitrogens with one attached hydrogen (secondary N) is 1. The maximum Gasteiger partial charge on any atom is 0.224 e. The highest BCUT2D eigenvalue weighted by Gasteiger charge is 2.05. The van der Waals surface area contributed by atoms with Crippen molar-refractivity contribution in [2.24, 2.45) is 0 Å². The van der Waals surface area contributed by atoms with Crippen LogP contribution >= 0.6 is 27.5 Å². The first-order valence-corrected chi connectivity index (χ1v) is 6.55. The Bertz CT molecular complexity index is 368. The van der Waals surface area contributed by atoms with Crippen molar-refractivity contribution in [1.29, 1.82) is 0 Å². The van der Waals surface area contributed by atoms with Crippen LogP contribution in [0.4, 0.5) is 5.69 Å². The predicted molar refractivity (Wildman–Crippen MR) is 71.9 cm³/mol. The fourth-order valence-electron chi connectivity index (χ4n) is 1.34. The molecule has 1 N–H and O–H groups in total. The van der Waals surface area contributed by atoms with Gasteiger partial charge < -0.3 is 5.32 Å². The van der Waals surface area contributed by atoms with Crippen molar-refractivity contribution in [3.8, 4) is 0 Å². The van der Waals surface area contributed by atoms with E-state index in [1.54, 1.807) is 12.1 Å². The molecule has 0 unspecified atom stereocenters. The van der Waals surface area contributed by atoms with Crippen LogP contribution < -0.4 is 5.32 Å². The number of benzene rings is 1. The summed E-state index contributed by atoms with van der Waals surface area (Å²) in [5.41, 5.74) is 0.673. The number of unbranched alkanes of at least 4 members (excludes halogenated alkanes) is 2. The van der Waals surface area contributed by atoms with E-state index in [0.717, 1.165) is 23.7 Å². The third-order valence-electron chi connectivity index (χ3n) is 2.21. The fourth-order valence-corrected chi connectivity index (χ4v) is 2.06. The molecule has 0 bridgehead atoms. The van der Waals surface area contributed by atoms with Crippen LogP contribution in [0.5, 0.6) is 0 Å². The van der Waals surface area contributed by atoms with Crippen LogP contribution in [0.1, 0.15) is 32.6 Å². The van der Waals surface area contributed by atoms with E-state index in [0.29, 0.717) is 17.1 Å². The fraction of sp³-hybridized carbons (Fsp3) is 0.417. The van der Waals surface area contributed by atoms with Crippen LogP contribution in [0, 0.1) is 0 Å². The number of hydrogen-bond acceptors (Lipinski definition) is 1. The molecule has 0 saturated heterocycles. The second-order valence-electron chi connectivity index (χ2n) is 3.63. The van der Waals surface area contributed by atoms with E-state index < -0.39 is 0 Å². The van der Waals surface area contributed by atoms with Crippen molar-refractivity contribution in [3.63, 3.8) is 0 Å². The van der Waals surface area contributed by atoms with Gasteiger partial charge in [0.25, 0.3) is 0 Å². The molecule has 0 fully saturated rings. The van der Waals surface area contributed by atoms with Gasteiger partial charge in [-0.25, -0.2) is 0 Å². The van der Waals surface area contributed by atoms with E-state index in [-0.39, 0.29) is 5.91 Å². The second kappa shape index (κ2) is 6.92. The SMILES string of the molecule is CCCCCC(=O)Nc1ccc(Br)cc1Cl. The lowest BCUT2D eigenvalue weighted by Crippen LogP contribution is -2.11. The smallest absolute Gasteiger partial charge is 0.224 e. The Morgan fingerprint density at radius 3 is 2.81 bits per heavy atom. The summed E-state index contributed by atoms with van der Waals surface area (Å²) in [6, 6.07) is 5.42. The van der Waals surface area contributed by atoms with Crippen LogP contribution in [-0.4, -0.2) is 5.91 Å². The van der Waals surface area contributed by atoms with Gasteiger partial charge in [0.2, 0.25) is 5.91 Å². The Balaban J connectivity index is 2.49. The topological polar surface area (TPSA) is 29.1 Å². The Kier molecular flexibility index (Phi) is 5.85. The number of hydrogen-bond donors (Lipinski definition) is 1. The van der Waals surface area contributed by atoms with E-state index >= 15 is 0 Å². The highest BCUT2D eigenvalue weighted by molar-refractivity contribution is 9.10. The minimum Gasteiger partial charge on any atom is -0.325 e. The molecular weight excluding hydrogens is 289 g/mol. The largest absolute Gasteiger partial charge is 0.325 e. The van der Waals surface area contributed by atoms with Crippen molar-refractivity contribution in [1.82, 2.24) is 0 Å². The molecule has 0 aliphatic rings. The first-order valence-electron chi connectivity index (χ1n) is 5.38. The van der Waals surface area contributed by atoms with Crippen LogP contribution in [0.25, 0.3) is 0 Å². The first-order chi connectivity index (χ1) is 7.63. The Morgan fingerprint density at radius 1 is 1.44 bits per heavy atom. The van der Waals surface area contributed by atoms with Gasteiger partial charge in [-0.2, -0.15) is 0 Å². The summed E-state index contributed by atoms with van der Waals surface area (Å²) in [5.74, 6) is 0.0256. The summed E-state index contributed by atoms with van der Waals surface area (Å²) in [5, 5.41) is 3.36. The Labute approximate surface area is 110 Å². The molecule has 88 valence electrons. The van der Waals surface area contributed by atoms with Gasteiger partial charge in [0.05, 0.1) is 10.7 Å².